The minimum absolute atomic E-state index is 0.334. The monoisotopic (exact) mass is 638 g/mol. The first-order chi connectivity index (χ1) is 19.8. The highest BCUT2D eigenvalue weighted by Crippen LogP contribution is 2.29. The topological polar surface area (TPSA) is 190 Å². The molecule has 1 aliphatic heterocycles. The molecule has 238 valence electrons. The number of esters is 4. The fraction of sp³-hybridized carbons (Fsp3) is 0.480. The van der Waals surface area contributed by atoms with Crippen LogP contribution in [-0.4, -0.2) is 88.5 Å². The van der Waals surface area contributed by atoms with E-state index >= 15 is 0 Å². The number of hydrogen-bond acceptors (Lipinski definition) is 12. The van der Waals surface area contributed by atoms with Crippen molar-refractivity contribution in [1.29, 1.82) is 0 Å². The maximum atomic E-state index is 13.4. The second-order valence-electron chi connectivity index (χ2n) is 9.09. The highest BCUT2D eigenvalue weighted by Gasteiger charge is 2.51. The molecule has 0 aliphatic carbocycles. The Kier molecular flexibility index (Phi) is 11.7. The van der Waals surface area contributed by atoms with Gasteiger partial charge >= 0.3 is 36.0 Å². The van der Waals surface area contributed by atoms with Crippen LogP contribution in [-0.2, 0) is 57.7 Å². The molecule has 0 saturated carbocycles. The molecular formula is C25H29F3N2O12S. The molecule has 0 bridgehead atoms. The number of sulfonamides is 1. The molecule has 14 nitrogen and oxygen atoms in total. The zero-order chi connectivity index (χ0) is 32.7. The Morgan fingerprint density at radius 3 is 2.05 bits per heavy atom. The predicted octanol–water partition coefficient (Wildman–Crippen LogP) is 0.571. The molecular weight excluding hydrogens is 609 g/mol. The number of benzene rings is 1. The molecule has 5 atom stereocenters. The lowest BCUT2D eigenvalue weighted by Gasteiger charge is -2.42. The van der Waals surface area contributed by atoms with E-state index in [-0.39, 0.29) is 4.90 Å². The van der Waals surface area contributed by atoms with Crippen LogP contribution in [0, 0.1) is 6.92 Å². The lowest BCUT2D eigenvalue weighted by Crippen LogP contribution is -2.65. The van der Waals surface area contributed by atoms with E-state index in [1.54, 1.807) is 12.2 Å². The summed E-state index contributed by atoms with van der Waals surface area (Å²) in [7, 11) is -3.65. The largest absolute Gasteiger partial charge is 0.477 e. The quantitative estimate of drug-likeness (QED) is 0.254. The number of carbonyl (C=O) groups excluding carboxylic acids is 5. The van der Waals surface area contributed by atoms with Crippen molar-refractivity contribution in [2.45, 2.75) is 69.2 Å². The molecule has 0 unspecified atom stereocenters. The number of carbonyl (C=O) groups is 5. The average molecular weight is 639 g/mol. The Morgan fingerprint density at radius 1 is 0.977 bits per heavy atom. The van der Waals surface area contributed by atoms with E-state index in [2.05, 4.69) is 9.46 Å². The van der Waals surface area contributed by atoms with Crippen molar-refractivity contribution in [2.24, 2.45) is 0 Å². The zero-order valence-corrected chi connectivity index (χ0v) is 24.2. The minimum atomic E-state index is -5.50. The molecule has 1 aliphatic rings. The van der Waals surface area contributed by atoms with Crippen LogP contribution < -0.4 is 10.0 Å². The molecule has 1 heterocycles. The van der Waals surface area contributed by atoms with Crippen LogP contribution in [0.4, 0.5) is 13.2 Å². The highest BCUT2D eigenvalue weighted by atomic mass is 32.2. The normalized spacial score (nSPS) is 19.9. The van der Waals surface area contributed by atoms with Crippen LogP contribution in [0.1, 0.15) is 26.3 Å². The van der Waals surface area contributed by atoms with Crippen LogP contribution >= 0.6 is 0 Å². The maximum Gasteiger partial charge on any atom is 0.471 e. The van der Waals surface area contributed by atoms with Crippen molar-refractivity contribution in [3.8, 4) is 0 Å². The summed E-state index contributed by atoms with van der Waals surface area (Å²) >= 11 is 0. The second kappa shape index (κ2) is 14.3. The number of ether oxygens (including phenoxy) is 5. The number of alkyl halides is 3. The smallest absolute Gasteiger partial charge is 0.471 e. The molecule has 18 heteroatoms. The Bertz CT molecular complexity index is 1360. The molecule has 0 aromatic heterocycles. The van der Waals surface area contributed by atoms with Crippen molar-refractivity contribution in [1.82, 2.24) is 10.0 Å². The van der Waals surface area contributed by atoms with E-state index in [0.717, 1.165) is 34.0 Å². The molecule has 0 spiro atoms. The van der Waals surface area contributed by atoms with Gasteiger partial charge in [0.15, 0.2) is 18.3 Å². The third-order valence-corrected chi connectivity index (χ3v) is 7.13. The Morgan fingerprint density at radius 2 is 1.56 bits per heavy atom. The van der Waals surface area contributed by atoms with Gasteiger partial charge in [0, 0.05) is 20.8 Å². The number of hydrogen-bond donors (Lipinski definition) is 2. The Balaban J connectivity index is 2.77. The van der Waals surface area contributed by atoms with Gasteiger partial charge in [0.25, 0.3) is 0 Å². The van der Waals surface area contributed by atoms with Gasteiger partial charge in [-0.2, -0.15) is 13.2 Å². The number of aryl methyl sites for hydroxylation is 1. The molecule has 2 rings (SSSR count). The summed E-state index contributed by atoms with van der Waals surface area (Å²) in [5.74, 6) is -7.61. The SMILES string of the molecule is COC(=O)C1=C[C@@H](NS(=O)(=O)c2ccc(C)cc2)[C@@H](NC(=O)C(F)(F)F)[C@H]([C@H](OC(C)=O)[C@@H](COC(C)=O)OC(C)=O)O1. The van der Waals surface area contributed by atoms with Crippen molar-refractivity contribution in [3.05, 3.63) is 41.7 Å². The van der Waals surface area contributed by atoms with Crippen molar-refractivity contribution >= 4 is 39.8 Å². The zero-order valence-electron chi connectivity index (χ0n) is 23.4. The summed E-state index contributed by atoms with van der Waals surface area (Å²) < 4.78 is 94.1. The van der Waals surface area contributed by atoms with Gasteiger partial charge in [0.2, 0.25) is 15.8 Å². The van der Waals surface area contributed by atoms with Gasteiger partial charge in [-0.15, -0.1) is 0 Å². The van der Waals surface area contributed by atoms with E-state index in [1.165, 1.54) is 24.3 Å². The molecule has 1 amide bonds. The van der Waals surface area contributed by atoms with E-state index < -0.39 is 88.7 Å². The lowest BCUT2D eigenvalue weighted by atomic mass is 9.92. The van der Waals surface area contributed by atoms with Gasteiger partial charge in [-0.25, -0.2) is 17.9 Å². The molecule has 1 aromatic carbocycles. The van der Waals surface area contributed by atoms with Crippen molar-refractivity contribution < 1.29 is 69.2 Å². The van der Waals surface area contributed by atoms with E-state index in [9.17, 15) is 45.6 Å². The van der Waals surface area contributed by atoms with Crippen LogP contribution in [0.3, 0.4) is 0 Å². The molecule has 43 heavy (non-hydrogen) atoms. The Hall–Kier alpha value is -4.19. The molecule has 0 saturated heterocycles. The summed E-state index contributed by atoms with van der Waals surface area (Å²) in [4.78, 5) is 59.8. The Labute approximate surface area is 243 Å². The average Bonchev–Trinajstić information content (AvgIpc) is 2.89. The van der Waals surface area contributed by atoms with Crippen LogP contribution in [0.25, 0.3) is 0 Å². The summed E-state index contributed by atoms with van der Waals surface area (Å²) in [6, 6.07) is 1.28. The van der Waals surface area contributed by atoms with Crippen LogP contribution in [0.5, 0.6) is 0 Å². The lowest BCUT2D eigenvalue weighted by molar-refractivity contribution is -0.190. The number of halogens is 3. The first-order valence-corrected chi connectivity index (χ1v) is 13.7. The van der Waals surface area contributed by atoms with Crippen LogP contribution in [0.15, 0.2) is 41.0 Å². The third-order valence-electron chi connectivity index (χ3n) is 5.66. The number of rotatable bonds is 11. The molecule has 1 aromatic rings. The summed E-state index contributed by atoms with van der Waals surface area (Å²) in [6.07, 6.45) is -10.6. The second-order valence-corrected chi connectivity index (χ2v) is 10.8. The van der Waals surface area contributed by atoms with Gasteiger partial charge in [-0.1, -0.05) is 17.7 Å². The first-order valence-electron chi connectivity index (χ1n) is 12.3. The van der Waals surface area contributed by atoms with E-state index in [4.69, 9.17) is 18.9 Å². The number of methoxy groups -OCH3 is 1. The molecule has 0 radical (unpaired) electrons. The fourth-order valence-corrected chi connectivity index (χ4v) is 5.05. The van der Waals surface area contributed by atoms with Crippen LogP contribution in [0.2, 0.25) is 0 Å². The van der Waals surface area contributed by atoms with E-state index in [0.29, 0.717) is 5.56 Å². The number of amides is 1. The highest BCUT2D eigenvalue weighted by molar-refractivity contribution is 7.89. The van der Waals surface area contributed by atoms with Crippen molar-refractivity contribution in [2.75, 3.05) is 13.7 Å². The van der Waals surface area contributed by atoms with Gasteiger partial charge in [-0.3, -0.25) is 19.2 Å². The fourth-order valence-electron chi connectivity index (χ4n) is 3.85. The van der Waals surface area contributed by atoms with Crippen molar-refractivity contribution in [3.63, 3.8) is 0 Å². The van der Waals surface area contributed by atoms with Gasteiger partial charge in [0.1, 0.15) is 6.61 Å². The number of nitrogens with one attached hydrogen (secondary N) is 2. The maximum absolute atomic E-state index is 13.4. The first kappa shape index (κ1) is 35.0. The standard InChI is InChI=1S/C25H29F3N2O12S/c1-12-6-8-16(9-7-12)43(36,37)30-17-10-18(23(34)38-5)42-22(20(17)29-24(35)25(26,27)28)21(41-15(4)33)19(40-14(3)32)11-39-13(2)31/h6-10,17,19-22,30H,11H2,1-5H3,(H,29,35)/t17-,19-,20-,21-,22-/m1/s1. The summed E-state index contributed by atoms with van der Waals surface area (Å²) in [5, 5.41) is 1.59. The van der Waals surface area contributed by atoms with E-state index in [1.807, 2.05) is 0 Å². The summed E-state index contributed by atoms with van der Waals surface area (Å²) in [5.41, 5.74) is 0.682. The predicted molar refractivity (Wildman–Crippen MR) is 136 cm³/mol. The summed E-state index contributed by atoms with van der Waals surface area (Å²) in [6.45, 7) is 3.59. The molecule has 2 N–H and O–H groups in total. The minimum Gasteiger partial charge on any atom is -0.477 e. The third kappa shape index (κ3) is 9.95. The van der Waals surface area contributed by atoms with Gasteiger partial charge in [-0.05, 0) is 25.1 Å². The van der Waals surface area contributed by atoms with Gasteiger partial charge in [0.05, 0.1) is 24.1 Å². The molecule has 0 fully saturated rings. The van der Waals surface area contributed by atoms with Gasteiger partial charge < -0.3 is 29.0 Å².